The third-order valence-electron chi connectivity index (χ3n) is 4.31. The van der Waals surface area contributed by atoms with Crippen molar-refractivity contribution in [2.45, 2.75) is 30.8 Å². The summed E-state index contributed by atoms with van der Waals surface area (Å²) < 4.78 is 32.5. The van der Waals surface area contributed by atoms with Gasteiger partial charge in [-0.1, -0.05) is 0 Å². The topological polar surface area (TPSA) is 79.5 Å². The van der Waals surface area contributed by atoms with Crippen LogP contribution in [-0.4, -0.2) is 44.0 Å². The van der Waals surface area contributed by atoms with Gasteiger partial charge in [-0.25, -0.2) is 8.42 Å². The van der Waals surface area contributed by atoms with E-state index in [1.807, 2.05) is 0 Å². The van der Waals surface area contributed by atoms with Crippen LogP contribution in [0.3, 0.4) is 0 Å². The van der Waals surface area contributed by atoms with Gasteiger partial charge in [0.1, 0.15) is 0 Å². The average molecular weight is 336 g/mol. The second-order valence-electron chi connectivity index (χ2n) is 5.89. The van der Waals surface area contributed by atoms with E-state index in [1.165, 1.54) is 4.31 Å². The number of H-pyrrole nitrogens is 1. The number of benzene rings is 1. The highest BCUT2D eigenvalue weighted by atomic mass is 32.2. The monoisotopic (exact) mass is 336 g/mol. The zero-order valence-corrected chi connectivity index (χ0v) is 14.0. The minimum absolute atomic E-state index is 0.0578. The first-order chi connectivity index (χ1) is 10.9. The molecule has 23 heavy (non-hydrogen) atoms. The number of nitrogens with one attached hydrogen (secondary N) is 1. The predicted octanol–water partition coefficient (Wildman–Crippen LogP) is 1.64. The Balaban J connectivity index is 2.01. The third kappa shape index (κ3) is 3.04. The summed E-state index contributed by atoms with van der Waals surface area (Å²) in [6.07, 6.45) is 1.61. The van der Waals surface area contributed by atoms with E-state index >= 15 is 0 Å². The highest BCUT2D eigenvalue weighted by Gasteiger charge is 2.30. The summed E-state index contributed by atoms with van der Waals surface area (Å²) in [6, 6.07) is 6.51. The van der Waals surface area contributed by atoms with Crippen LogP contribution in [-0.2, 0) is 14.8 Å². The number of nitrogens with zero attached hydrogens (tertiary/aromatic N) is 1. The Labute approximate surface area is 135 Å². The van der Waals surface area contributed by atoms with Crippen LogP contribution < -0.4 is 5.56 Å². The van der Waals surface area contributed by atoms with Crippen molar-refractivity contribution >= 4 is 20.9 Å². The first-order valence-corrected chi connectivity index (χ1v) is 9.02. The maximum absolute atomic E-state index is 12.8. The highest BCUT2D eigenvalue weighted by Crippen LogP contribution is 2.24. The van der Waals surface area contributed by atoms with Gasteiger partial charge < -0.3 is 9.72 Å². The van der Waals surface area contributed by atoms with Crippen molar-refractivity contribution in [2.75, 3.05) is 20.2 Å². The van der Waals surface area contributed by atoms with Gasteiger partial charge in [-0.05, 0) is 49.4 Å². The molecule has 1 saturated heterocycles. The number of hydrogen-bond acceptors (Lipinski definition) is 4. The minimum Gasteiger partial charge on any atom is -0.380 e. The summed E-state index contributed by atoms with van der Waals surface area (Å²) in [5, 5.41) is 0.712. The summed E-state index contributed by atoms with van der Waals surface area (Å²) in [4.78, 5) is 14.6. The van der Waals surface area contributed by atoms with Crippen molar-refractivity contribution in [2.24, 2.45) is 0 Å². The number of pyridine rings is 1. The van der Waals surface area contributed by atoms with Gasteiger partial charge in [0.25, 0.3) is 5.56 Å². The molecule has 1 aromatic heterocycles. The molecule has 0 unspecified atom stereocenters. The quantitative estimate of drug-likeness (QED) is 0.924. The van der Waals surface area contributed by atoms with Crippen LogP contribution in [0.15, 0.2) is 34.0 Å². The zero-order chi connectivity index (χ0) is 16.6. The van der Waals surface area contributed by atoms with Gasteiger partial charge in [0.15, 0.2) is 0 Å². The predicted molar refractivity (Wildman–Crippen MR) is 88.1 cm³/mol. The molecule has 1 atom stereocenters. The van der Waals surface area contributed by atoms with Gasteiger partial charge >= 0.3 is 0 Å². The number of sulfonamides is 1. The Hall–Kier alpha value is -1.70. The largest absolute Gasteiger partial charge is 0.380 e. The summed E-state index contributed by atoms with van der Waals surface area (Å²) in [7, 11) is -1.95. The van der Waals surface area contributed by atoms with E-state index in [0.29, 0.717) is 29.6 Å². The fourth-order valence-corrected chi connectivity index (χ4v) is 4.47. The van der Waals surface area contributed by atoms with Crippen LogP contribution in [0.5, 0.6) is 0 Å². The minimum atomic E-state index is -3.56. The molecule has 6 nitrogen and oxygen atoms in total. The average Bonchev–Trinajstić information content (AvgIpc) is 2.55. The number of ether oxygens (including phenoxy) is 1. The molecule has 7 heteroatoms. The summed E-state index contributed by atoms with van der Waals surface area (Å²) in [6.45, 7) is 2.58. The number of aromatic amines is 1. The van der Waals surface area contributed by atoms with Crippen molar-refractivity contribution in [3.8, 4) is 0 Å². The van der Waals surface area contributed by atoms with E-state index in [9.17, 15) is 13.2 Å². The molecule has 124 valence electrons. The zero-order valence-electron chi connectivity index (χ0n) is 13.2. The third-order valence-corrected chi connectivity index (χ3v) is 6.17. The molecule has 1 aliphatic heterocycles. The molecule has 1 aliphatic rings. The molecular weight excluding hydrogens is 316 g/mol. The van der Waals surface area contributed by atoms with E-state index in [1.54, 1.807) is 38.3 Å². The van der Waals surface area contributed by atoms with Crippen molar-refractivity contribution < 1.29 is 13.2 Å². The summed E-state index contributed by atoms with van der Waals surface area (Å²) in [5.41, 5.74) is 1.03. The molecule has 0 amide bonds. The molecule has 3 rings (SSSR count). The number of aryl methyl sites for hydroxylation is 1. The van der Waals surface area contributed by atoms with E-state index in [2.05, 4.69) is 4.98 Å². The Morgan fingerprint density at radius 1 is 1.30 bits per heavy atom. The van der Waals surface area contributed by atoms with E-state index < -0.39 is 10.0 Å². The molecule has 1 fully saturated rings. The van der Waals surface area contributed by atoms with Gasteiger partial charge in [0.2, 0.25) is 10.0 Å². The van der Waals surface area contributed by atoms with Crippen molar-refractivity contribution in [1.82, 2.24) is 9.29 Å². The Morgan fingerprint density at radius 3 is 2.83 bits per heavy atom. The summed E-state index contributed by atoms with van der Waals surface area (Å²) >= 11 is 0. The van der Waals surface area contributed by atoms with Crippen LogP contribution in [0, 0.1) is 6.92 Å². The first-order valence-electron chi connectivity index (χ1n) is 7.58. The highest BCUT2D eigenvalue weighted by molar-refractivity contribution is 7.89. The second kappa shape index (κ2) is 6.07. The number of rotatable bonds is 3. The van der Waals surface area contributed by atoms with Crippen LogP contribution in [0.4, 0.5) is 0 Å². The molecule has 0 saturated carbocycles. The molecule has 2 heterocycles. The molecule has 0 aliphatic carbocycles. The number of methoxy groups -OCH3 is 1. The Kier molecular flexibility index (Phi) is 4.27. The SMILES string of the molecule is CO[C@H]1CCCN(S(=O)(=O)c2ccc3[nH]c(=O)c(C)cc3c2)C1. The molecule has 1 N–H and O–H groups in total. The Morgan fingerprint density at radius 2 is 2.09 bits per heavy atom. The molecule has 0 spiro atoms. The van der Waals surface area contributed by atoms with Crippen molar-refractivity contribution in [3.63, 3.8) is 0 Å². The molecular formula is C16H20N2O4S. The van der Waals surface area contributed by atoms with Gasteiger partial charge in [0.05, 0.1) is 11.0 Å². The van der Waals surface area contributed by atoms with Crippen molar-refractivity contribution in [3.05, 3.63) is 40.2 Å². The fraction of sp³-hybridized carbons (Fsp3) is 0.438. The first kappa shape index (κ1) is 16.2. The lowest BCUT2D eigenvalue weighted by molar-refractivity contribution is 0.0572. The van der Waals surface area contributed by atoms with Crippen LogP contribution >= 0.6 is 0 Å². The van der Waals surface area contributed by atoms with Gasteiger partial charge in [-0.15, -0.1) is 0 Å². The van der Waals surface area contributed by atoms with Gasteiger partial charge in [-0.3, -0.25) is 4.79 Å². The van der Waals surface area contributed by atoms with Crippen LogP contribution in [0.2, 0.25) is 0 Å². The lowest BCUT2D eigenvalue weighted by Crippen LogP contribution is -2.42. The molecule has 0 radical (unpaired) electrons. The lowest BCUT2D eigenvalue weighted by atomic mass is 10.1. The molecule has 2 aromatic rings. The maximum atomic E-state index is 12.8. The number of fused-ring (bicyclic) bond motifs is 1. The maximum Gasteiger partial charge on any atom is 0.251 e. The fourth-order valence-electron chi connectivity index (χ4n) is 2.92. The van der Waals surface area contributed by atoms with Crippen molar-refractivity contribution in [1.29, 1.82) is 0 Å². The summed E-state index contributed by atoms with van der Waals surface area (Å²) in [5.74, 6) is 0. The van der Waals surface area contributed by atoms with Crippen LogP contribution in [0.25, 0.3) is 10.9 Å². The number of piperidine rings is 1. The Bertz CT molecular complexity index is 889. The molecule has 0 bridgehead atoms. The van der Waals surface area contributed by atoms with Gasteiger partial charge in [0, 0.05) is 31.3 Å². The van der Waals surface area contributed by atoms with E-state index in [0.717, 1.165) is 12.8 Å². The smallest absolute Gasteiger partial charge is 0.251 e. The molecule has 1 aromatic carbocycles. The van der Waals surface area contributed by atoms with Gasteiger partial charge in [-0.2, -0.15) is 4.31 Å². The number of hydrogen-bond donors (Lipinski definition) is 1. The second-order valence-corrected chi connectivity index (χ2v) is 7.83. The standard InChI is InChI=1S/C16H20N2O4S/c1-11-8-12-9-14(5-6-15(12)17-16(11)19)23(20,21)18-7-3-4-13(10-18)22-2/h5-6,8-9,13H,3-4,7,10H2,1-2H3,(H,17,19)/t13-/m0/s1. The van der Waals surface area contributed by atoms with Crippen LogP contribution in [0.1, 0.15) is 18.4 Å². The normalized spacial score (nSPS) is 20.0. The number of aromatic nitrogens is 1. The van der Waals surface area contributed by atoms with E-state index in [4.69, 9.17) is 4.74 Å². The lowest BCUT2D eigenvalue weighted by Gasteiger charge is -2.31. The van der Waals surface area contributed by atoms with E-state index in [-0.39, 0.29) is 16.6 Å².